The maximum atomic E-state index is 14.0. The van der Waals surface area contributed by atoms with Gasteiger partial charge in [0.1, 0.15) is 0 Å². The zero-order valence-corrected chi connectivity index (χ0v) is 28.4. The summed E-state index contributed by atoms with van der Waals surface area (Å²) >= 11 is 0. The third-order valence-corrected chi connectivity index (χ3v) is 15.1. The smallest absolute Gasteiger partial charge is 0.413 e. The van der Waals surface area contributed by atoms with Gasteiger partial charge in [-0.1, -0.05) is 65.0 Å². The van der Waals surface area contributed by atoms with E-state index in [0.717, 1.165) is 73.8 Å². The number of hydrogen-bond donors (Lipinski definition) is 2. The van der Waals surface area contributed by atoms with E-state index in [2.05, 4.69) is 54.2 Å². The van der Waals surface area contributed by atoms with Crippen LogP contribution in [0.5, 0.6) is 0 Å². The molecule has 5 aliphatic rings. The van der Waals surface area contributed by atoms with Crippen molar-refractivity contribution in [3.63, 3.8) is 0 Å². The van der Waals surface area contributed by atoms with Crippen molar-refractivity contribution in [3.8, 4) is 0 Å². The van der Waals surface area contributed by atoms with Crippen molar-refractivity contribution in [2.45, 2.75) is 99.3 Å². The lowest BCUT2D eigenvalue weighted by atomic mass is 9.32. The fourth-order valence-electron chi connectivity index (χ4n) is 12.8. The number of benzene rings is 1. The maximum absolute atomic E-state index is 14.0. The highest BCUT2D eigenvalue weighted by atomic mass is 16.4. The second-order valence-electron chi connectivity index (χ2n) is 16.9. The second-order valence-corrected chi connectivity index (χ2v) is 16.9. The summed E-state index contributed by atoms with van der Waals surface area (Å²) in [6.07, 6.45) is 10.2. The Balaban J connectivity index is 1.37. The molecule has 244 valence electrons. The number of nitrogens with zero attached hydrogens (tertiary/aromatic N) is 1. The SMILES string of the molecule is C=C(C)[C@@H]1CC[C@]2(C(=O)N(C)C(=O)O)CC[C@]3(C)[C@H](CC[C@@H]4[C@@]5(C)CC=C(c6ccc(C(=O)O)cc6)C(C)(C)[C@@H]5CC[C@]43C)[C@@H]12. The lowest BCUT2D eigenvalue weighted by Crippen LogP contribution is -2.66. The molecule has 5 aliphatic carbocycles. The van der Waals surface area contributed by atoms with E-state index in [1.54, 1.807) is 12.1 Å². The standard InChI is InChI=1S/C39H53NO5/c1-23(2)26-15-20-39(33(43)40(8)34(44)45)22-21-37(6)28(31(26)39)13-14-30-36(5)18-16-27(24-9-11-25(12-10-24)32(41)42)35(3,4)29(36)17-19-38(30,37)7/h9-12,16,26,28-31H,1,13-15,17-22H2,2-8H3,(H,41,42)(H,44,45)/t26-,28+,29-,30+,31+,36-,37+,38+,39-/m0/s1. The molecular formula is C39H53NO5. The first-order valence-corrected chi connectivity index (χ1v) is 17.2. The summed E-state index contributed by atoms with van der Waals surface area (Å²) in [6, 6.07) is 7.42. The van der Waals surface area contributed by atoms with Gasteiger partial charge in [-0.15, -0.1) is 0 Å². The molecule has 0 aliphatic heterocycles. The van der Waals surface area contributed by atoms with Crippen molar-refractivity contribution < 1.29 is 24.6 Å². The molecule has 0 radical (unpaired) electrons. The quantitative estimate of drug-likeness (QED) is 0.329. The van der Waals surface area contributed by atoms with Crippen LogP contribution in [0.2, 0.25) is 0 Å². The van der Waals surface area contributed by atoms with Crippen LogP contribution < -0.4 is 0 Å². The molecule has 0 heterocycles. The number of rotatable bonds is 4. The van der Waals surface area contributed by atoms with Crippen LogP contribution in [0.15, 0.2) is 42.5 Å². The maximum Gasteiger partial charge on any atom is 0.413 e. The van der Waals surface area contributed by atoms with Gasteiger partial charge in [0.2, 0.25) is 5.91 Å². The van der Waals surface area contributed by atoms with E-state index in [1.807, 2.05) is 12.1 Å². The van der Waals surface area contributed by atoms with Gasteiger partial charge in [0.25, 0.3) is 0 Å². The van der Waals surface area contributed by atoms with Gasteiger partial charge >= 0.3 is 12.1 Å². The number of carboxylic acids is 1. The van der Waals surface area contributed by atoms with Crippen LogP contribution in [0, 0.1) is 56.7 Å². The molecule has 2 N–H and O–H groups in total. The number of amides is 2. The number of fused-ring (bicyclic) bond motifs is 7. The summed E-state index contributed by atoms with van der Waals surface area (Å²) in [6.45, 7) is 19.0. The Bertz CT molecular complexity index is 1470. The van der Waals surface area contributed by atoms with Crippen LogP contribution in [0.4, 0.5) is 4.79 Å². The number of carboxylic acid groups (broad SMARTS) is 2. The number of imide groups is 1. The first kappa shape index (κ1) is 32.1. The molecule has 2 amide bonds. The normalized spacial score (nSPS) is 41.4. The van der Waals surface area contributed by atoms with Crippen molar-refractivity contribution in [2.75, 3.05) is 7.05 Å². The third-order valence-electron chi connectivity index (χ3n) is 15.1. The van der Waals surface area contributed by atoms with Crippen LogP contribution in [-0.2, 0) is 4.79 Å². The Labute approximate surface area is 269 Å². The van der Waals surface area contributed by atoms with Crippen LogP contribution in [0.1, 0.15) is 115 Å². The molecule has 0 aromatic heterocycles. The monoisotopic (exact) mass is 615 g/mol. The van der Waals surface area contributed by atoms with E-state index >= 15 is 0 Å². The molecule has 0 saturated heterocycles. The molecule has 6 nitrogen and oxygen atoms in total. The van der Waals surface area contributed by atoms with Gasteiger partial charge in [-0.2, -0.15) is 0 Å². The summed E-state index contributed by atoms with van der Waals surface area (Å²) < 4.78 is 0. The minimum atomic E-state index is -1.16. The Morgan fingerprint density at radius 1 is 0.844 bits per heavy atom. The van der Waals surface area contributed by atoms with Crippen molar-refractivity contribution in [2.24, 2.45) is 56.7 Å². The summed E-state index contributed by atoms with van der Waals surface area (Å²) in [5.74, 6) is 0.702. The van der Waals surface area contributed by atoms with E-state index in [9.17, 15) is 24.6 Å². The first-order valence-electron chi connectivity index (χ1n) is 17.2. The van der Waals surface area contributed by atoms with E-state index in [1.165, 1.54) is 12.6 Å². The summed E-state index contributed by atoms with van der Waals surface area (Å²) in [7, 11) is 1.44. The average Bonchev–Trinajstić information content (AvgIpc) is 3.38. The fourth-order valence-corrected chi connectivity index (χ4v) is 12.8. The molecule has 6 rings (SSSR count). The lowest BCUT2D eigenvalue weighted by molar-refractivity contribution is -0.226. The van der Waals surface area contributed by atoms with Gasteiger partial charge in [0.05, 0.1) is 11.0 Å². The Morgan fingerprint density at radius 2 is 1.51 bits per heavy atom. The molecule has 0 bridgehead atoms. The van der Waals surface area contributed by atoms with Gasteiger partial charge in [-0.25, -0.2) is 9.59 Å². The summed E-state index contributed by atoms with van der Waals surface area (Å²) in [4.78, 5) is 38.5. The molecule has 1 aromatic rings. The van der Waals surface area contributed by atoms with Gasteiger partial charge in [-0.05, 0) is 139 Å². The van der Waals surface area contributed by atoms with Crippen LogP contribution in [-0.4, -0.2) is 40.1 Å². The molecule has 45 heavy (non-hydrogen) atoms. The Kier molecular flexibility index (Phi) is 7.34. The van der Waals surface area contributed by atoms with E-state index in [0.29, 0.717) is 23.3 Å². The van der Waals surface area contributed by atoms with Gasteiger partial charge in [0, 0.05) is 7.05 Å². The number of carbonyl (C=O) groups is 3. The zero-order valence-electron chi connectivity index (χ0n) is 28.4. The van der Waals surface area contributed by atoms with Gasteiger partial charge in [-0.3, -0.25) is 9.69 Å². The largest absolute Gasteiger partial charge is 0.478 e. The van der Waals surface area contributed by atoms with Crippen LogP contribution >= 0.6 is 0 Å². The van der Waals surface area contributed by atoms with Crippen LogP contribution in [0.3, 0.4) is 0 Å². The Morgan fingerprint density at radius 3 is 2.11 bits per heavy atom. The topological polar surface area (TPSA) is 94.9 Å². The first-order chi connectivity index (χ1) is 21.0. The van der Waals surface area contributed by atoms with E-state index in [-0.39, 0.29) is 39.4 Å². The van der Waals surface area contributed by atoms with Gasteiger partial charge in [0.15, 0.2) is 0 Å². The second kappa shape index (κ2) is 10.3. The molecule has 6 heteroatoms. The third kappa shape index (κ3) is 4.22. The van der Waals surface area contributed by atoms with Crippen molar-refractivity contribution >= 4 is 23.5 Å². The highest BCUT2D eigenvalue weighted by Gasteiger charge is 2.71. The predicted molar refractivity (Wildman–Crippen MR) is 177 cm³/mol. The minimum absolute atomic E-state index is 0.0527. The van der Waals surface area contributed by atoms with Crippen molar-refractivity contribution in [3.05, 3.63) is 53.6 Å². The van der Waals surface area contributed by atoms with Gasteiger partial charge < -0.3 is 10.2 Å². The van der Waals surface area contributed by atoms with Crippen molar-refractivity contribution in [1.29, 1.82) is 0 Å². The molecule has 9 atom stereocenters. The minimum Gasteiger partial charge on any atom is -0.478 e. The predicted octanol–water partition coefficient (Wildman–Crippen LogP) is 9.17. The van der Waals surface area contributed by atoms with Crippen LogP contribution in [0.25, 0.3) is 5.57 Å². The van der Waals surface area contributed by atoms with E-state index in [4.69, 9.17) is 0 Å². The Hall–Kier alpha value is -2.89. The zero-order chi connectivity index (χ0) is 32.9. The number of allylic oxidation sites excluding steroid dienone is 3. The highest BCUT2D eigenvalue weighted by Crippen LogP contribution is 2.77. The molecule has 4 fully saturated rings. The lowest BCUT2D eigenvalue weighted by Gasteiger charge is -2.72. The molecular weight excluding hydrogens is 562 g/mol. The van der Waals surface area contributed by atoms with E-state index < -0.39 is 17.5 Å². The van der Waals surface area contributed by atoms with Crippen molar-refractivity contribution in [1.82, 2.24) is 4.90 Å². The summed E-state index contributed by atoms with van der Waals surface area (Å²) in [5, 5.41) is 19.3. The summed E-state index contributed by atoms with van der Waals surface area (Å²) in [5.41, 5.74) is 3.55. The number of aromatic carboxylic acids is 1. The number of carbonyl (C=O) groups excluding carboxylic acids is 1. The average molecular weight is 616 g/mol. The highest BCUT2D eigenvalue weighted by molar-refractivity contribution is 5.95. The molecule has 1 aromatic carbocycles. The number of hydrogen-bond acceptors (Lipinski definition) is 3. The molecule has 0 unspecified atom stereocenters. The molecule has 4 saturated carbocycles. The molecule has 0 spiro atoms. The fraction of sp³-hybridized carbons (Fsp3) is 0.667.